The van der Waals surface area contributed by atoms with Crippen LogP contribution in [0.4, 0.5) is 0 Å². The van der Waals surface area contributed by atoms with E-state index in [0.717, 1.165) is 23.4 Å². The van der Waals surface area contributed by atoms with Crippen LogP contribution in [0.5, 0.6) is 0 Å². The molecule has 0 radical (unpaired) electrons. The van der Waals surface area contributed by atoms with Gasteiger partial charge in [0.1, 0.15) is 0 Å². The van der Waals surface area contributed by atoms with Gasteiger partial charge in [0, 0.05) is 25.6 Å². The molecule has 158 valence electrons. The maximum atomic E-state index is 12.5. The van der Waals surface area contributed by atoms with Crippen LogP contribution in [0.2, 0.25) is 0 Å². The van der Waals surface area contributed by atoms with Gasteiger partial charge in [0.2, 0.25) is 15.9 Å². The van der Waals surface area contributed by atoms with E-state index in [1.54, 1.807) is 41.7 Å². The number of hydrogen-bond acceptors (Lipinski definition) is 5. The van der Waals surface area contributed by atoms with Gasteiger partial charge in [-0.3, -0.25) is 4.79 Å². The summed E-state index contributed by atoms with van der Waals surface area (Å²) in [5.41, 5.74) is 1.02. The summed E-state index contributed by atoms with van der Waals surface area (Å²) in [7, 11) is -3.51. The van der Waals surface area contributed by atoms with E-state index in [2.05, 4.69) is 15.8 Å². The van der Waals surface area contributed by atoms with Crippen molar-refractivity contribution in [3.8, 4) is 0 Å². The number of aryl methyl sites for hydroxylation is 1. The number of sulfonamides is 1. The normalized spacial score (nSPS) is 15.5. The quantitative estimate of drug-likeness (QED) is 0.605. The van der Waals surface area contributed by atoms with E-state index in [4.69, 9.17) is 0 Å². The first-order valence-corrected chi connectivity index (χ1v) is 12.5. The van der Waals surface area contributed by atoms with Crippen LogP contribution in [-0.4, -0.2) is 43.3 Å². The van der Waals surface area contributed by atoms with Crippen molar-refractivity contribution < 1.29 is 13.2 Å². The number of thiazole rings is 1. The number of para-hydroxylation sites is 1. The molecule has 0 aliphatic carbocycles. The Labute approximate surface area is 181 Å². The number of nitrogens with zero attached hydrogens (tertiary/aromatic N) is 2. The fraction of sp³-hybridized carbons (Fsp3) is 0.364. The molecule has 6 nitrogen and oxygen atoms in total. The first kappa shape index (κ1) is 21.0. The Morgan fingerprint density at radius 2 is 1.77 bits per heavy atom. The molecule has 4 rings (SSSR count). The number of piperidine rings is 1. The van der Waals surface area contributed by atoms with Crippen molar-refractivity contribution in [2.75, 3.05) is 13.1 Å². The highest BCUT2D eigenvalue weighted by Crippen LogP contribution is 2.23. The fourth-order valence-electron chi connectivity index (χ4n) is 3.71. The summed E-state index contributed by atoms with van der Waals surface area (Å²) >= 11 is 1.69. The molecule has 1 N–H and O–H groups in total. The van der Waals surface area contributed by atoms with Gasteiger partial charge in [0.25, 0.3) is 0 Å². The van der Waals surface area contributed by atoms with Crippen LogP contribution in [0.15, 0.2) is 59.5 Å². The average Bonchev–Trinajstić information content (AvgIpc) is 3.17. The third-order valence-electron chi connectivity index (χ3n) is 5.34. The van der Waals surface area contributed by atoms with Crippen LogP contribution in [0, 0.1) is 0 Å². The second-order valence-corrected chi connectivity index (χ2v) is 10.3. The lowest BCUT2D eigenvalue weighted by molar-refractivity contribution is -0.132. The van der Waals surface area contributed by atoms with Crippen molar-refractivity contribution in [2.45, 2.75) is 43.0 Å². The Bertz CT molecular complexity index is 1070. The molecule has 1 saturated heterocycles. The third-order valence-corrected chi connectivity index (χ3v) is 7.98. The molecule has 0 bridgehead atoms. The van der Waals surface area contributed by atoms with Gasteiger partial charge < -0.3 is 4.90 Å². The lowest BCUT2D eigenvalue weighted by atomic mass is 10.1. The number of likely N-dealkylation sites (tertiary alicyclic amines) is 1. The molecule has 2 aromatic carbocycles. The summed E-state index contributed by atoms with van der Waals surface area (Å²) in [6.07, 6.45) is 3.35. The van der Waals surface area contributed by atoms with Crippen LogP contribution in [0.1, 0.15) is 30.7 Å². The van der Waals surface area contributed by atoms with Crippen molar-refractivity contribution in [1.29, 1.82) is 0 Å². The minimum Gasteiger partial charge on any atom is -0.343 e. The summed E-state index contributed by atoms with van der Waals surface area (Å²) in [6.45, 7) is 1.17. The molecule has 3 aromatic rings. The molecular weight excluding hydrogens is 418 g/mol. The highest BCUT2D eigenvalue weighted by molar-refractivity contribution is 7.89. The molecule has 0 spiro atoms. The molecule has 1 aliphatic rings. The summed E-state index contributed by atoms with van der Waals surface area (Å²) in [5.74, 6) is 0.139. The van der Waals surface area contributed by atoms with Gasteiger partial charge in [-0.2, -0.15) is 0 Å². The second kappa shape index (κ2) is 9.24. The summed E-state index contributed by atoms with van der Waals surface area (Å²) in [6, 6.07) is 16.3. The molecule has 0 saturated carbocycles. The molecule has 2 heterocycles. The van der Waals surface area contributed by atoms with Crippen LogP contribution in [0.25, 0.3) is 10.2 Å². The topological polar surface area (TPSA) is 79.4 Å². The van der Waals surface area contributed by atoms with Crippen LogP contribution in [0.3, 0.4) is 0 Å². The SMILES string of the molecule is O=C(CCCc1nc2ccccc2s1)N1CCC(NS(=O)(=O)c2ccccc2)CC1. The van der Waals surface area contributed by atoms with Gasteiger partial charge in [0.15, 0.2) is 0 Å². The van der Waals surface area contributed by atoms with Gasteiger partial charge in [0.05, 0.1) is 20.1 Å². The third kappa shape index (κ3) is 5.06. The van der Waals surface area contributed by atoms with E-state index in [1.807, 2.05) is 23.1 Å². The first-order valence-electron chi connectivity index (χ1n) is 10.2. The van der Waals surface area contributed by atoms with Gasteiger partial charge in [-0.1, -0.05) is 30.3 Å². The maximum Gasteiger partial charge on any atom is 0.240 e. The Morgan fingerprint density at radius 1 is 1.07 bits per heavy atom. The molecule has 1 aliphatic heterocycles. The van der Waals surface area contributed by atoms with Crippen molar-refractivity contribution >= 4 is 37.5 Å². The molecule has 1 aromatic heterocycles. The van der Waals surface area contributed by atoms with E-state index in [0.29, 0.717) is 32.4 Å². The Hall–Kier alpha value is -2.29. The van der Waals surface area contributed by atoms with Crippen molar-refractivity contribution in [2.24, 2.45) is 0 Å². The van der Waals surface area contributed by atoms with E-state index in [1.165, 1.54) is 4.70 Å². The molecule has 1 fully saturated rings. The Balaban J connectivity index is 1.22. The van der Waals surface area contributed by atoms with E-state index >= 15 is 0 Å². The summed E-state index contributed by atoms with van der Waals surface area (Å²) in [4.78, 5) is 19.3. The standard InChI is InChI=1S/C22H25N3O3S2/c26-22(12-6-11-21-23-19-9-4-5-10-20(19)29-21)25-15-13-17(14-16-25)24-30(27,28)18-7-2-1-3-8-18/h1-5,7-10,17,24H,6,11-16H2. The largest absolute Gasteiger partial charge is 0.343 e. The summed E-state index contributed by atoms with van der Waals surface area (Å²) in [5, 5.41) is 1.07. The monoisotopic (exact) mass is 443 g/mol. The molecule has 8 heteroatoms. The van der Waals surface area contributed by atoms with E-state index < -0.39 is 10.0 Å². The van der Waals surface area contributed by atoms with Gasteiger partial charge in [-0.05, 0) is 49.9 Å². The minimum atomic E-state index is -3.51. The first-order chi connectivity index (χ1) is 14.5. The number of carbonyl (C=O) groups excluding carboxylic acids is 1. The smallest absolute Gasteiger partial charge is 0.240 e. The summed E-state index contributed by atoms with van der Waals surface area (Å²) < 4.78 is 28.9. The predicted octanol–water partition coefficient (Wildman–Crippen LogP) is 3.59. The predicted molar refractivity (Wildman–Crippen MR) is 119 cm³/mol. The number of amides is 1. The molecular formula is C22H25N3O3S2. The average molecular weight is 444 g/mol. The van der Waals surface area contributed by atoms with E-state index in [-0.39, 0.29) is 16.8 Å². The van der Waals surface area contributed by atoms with Crippen molar-refractivity contribution in [1.82, 2.24) is 14.6 Å². The van der Waals surface area contributed by atoms with Gasteiger partial charge in [-0.15, -0.1) is 11.3 Å². The minimum absolute atomic E-state index is 0.137. The molecule has 0 atom stereocenters. The zero-order chi connectivity index (χ0) is 21.0. The number of benzene rings is 2. The Morgan fingerprint density at radius 3 is 2.50 bits per heavy atom. The zero-order valence-electron chi connectivity index (χ0n) is 16.7. The lowest BCUT2D eigenvalue weighted by Gasteiger charge is -2.32. The van der Waals surface area contributed by atoms with E-state index in [9.17, 15) is 13.2 Å². The van der Waals surface area contributed by atoms with Crippen molar-refractivity contribution in [3.63, 3.8) is 0 Å². The fourth-order valence-corrected chi connectivity index (χ4v) is 6.04. The van der Waals surface area contributed by atoms with Gasteiger partial charge in [-0.25, -0.2) is 18.1 Å². The lowest BCUT2D eigenvalue weighted by Crippen LogP contribution is -2.46. The number of hydrogen-bond donors (Lipinski definition) is 1. The maximum absolute atomic E-state index is 12.5. The second-order valence-electron chi connectivity index (χ2n) is 7.52. The van der Waals surface area contributed by atoms with Crippen LogP contribution < -0.4 is 4.72 Å². The Kier molecular flexibility index (Phi) is 6.46. The van der Waals surface area contributed by atoms with Crippen LogP contribution >= 0.6 is 11.3 Å². The molecule has 1 amide bonds. The molecule has 30 heavy (non-hydrogen) atoms. The number of carbonyl (C=O) groups is 1. The highest BCUT2D eigenvalue weighted by atomic mass is 32.2. The van der Waals surface area contributed by atoms with Crippen molar-refractivity contribution in [3.05, 3.63) is 59.6 Å². The number of rotatable bonds is 7. The number of aromatic nitrogens is 1. The highest BCUT2D eigenvalue weighted by Gasteiger charge is 2.26. The van der Waals surface area contributed by atoms with Gasteiger partial charge >= 0.3 is 0 Å². The number of nitrogens with one attached hydrogen (secondary N) is 1. The van der Waals surface area contributed by atoms with Crippen LogP contribution in [-0.2, 0) is 21.2 Å². The number of fused-ring (bicyclic) bond motifs is 1. The zero-order valence-corrected chi connectivity index (χ0v) is 18.3. The molecule has 0 unspecified atom stereocenters.